The molecule has 1 aromatic carbocycles. The Hall–Kier alpha value is -2.50. The maximum absolute atomic E-state index is 13.1. The first-order valence-corrected chi connectivity index (χ1v) is 8.03. The van der Waals surface area contributed by atoms with Crippen molar-refractivity contribution in [2.75, 3.05) is 11.9 Å². The summed E-state index contributed by atoms with van der Waals surface area (Å²) >= 11 is 0. The Morgan fingerprint density at radius 2 is 1.83 bits per heavy atom. The molecule has 1 aromatic rings. The minimum absolute atomic E-state index is 0.0289. The van der Waals surface area contributed by atoms with E-state index in [1.807, 2.05) is 12.2 Å². The monoisotopic (exact) mass is 330 g/mol. The summed E-state index contributed by atoms with van der Waals surface area (Å²) in [5.41, 5.74) is 1.15. The number of hydrogen-bond acceptors (Lipinski definition) is 3. The molecule has 0 bridgehead atoms. The molecule has 0 saturated carbocycles. The first kappa shape index (κ1) is 16.4. The summed E-state index contributed by atoms with van der Waals surface area (Å²) in [5.74, 6) is -1.58. The second kappa shape index (κ2) is 6.55. The van der Waals surface area contributed by atoms with Crippen molar-refractivity contribution in [1.82, 2.24) is 4.90 Å². The van der Waals surface area contributed by atoms with E-state index in [-0.39, 0.29) is 48.3 Å². The summed E-state index contributed by atoms with van der Waals surface area (Å²) in [4.78, 5) is 37.9. The minimum Gasteiger partial charge on any atom is -0.326 e. The summed E-state index contributed by atoms with van der Waals surface area (Å²) in [7, 11) is 0. The average molecular weight is 330 g/mol. The lowest BCUT2D eigenvalue weighted by Crippen LogP contribution is -2.34. The van der Waals surface area contributed by atoms with E-state index in [0.717, 1.165) is 0 Å². The van der Waals surface area contributed by atoms with Crippen LogP contribution in [0.15, 0.2) is 30.4 Å². The van der Waals surface area contributed by atoms with E-state index in [2.05, 4.69) is 5.32 Å². The Labute approximate surface area is 139 Å². The lowest BCUT2D eigenvalue weighted by Gasteiger charge is -2.15. The van der Waals surface area contributed by atoms with E-state index >= 15 is 0 Å². The zero-order valence-electron chi connectivity index (χ0n) is 13.4. The van der Waals surface area contributed by atoms with Crippen LogP contribution in [0.2, 0.25) is 0 Å². The van der Waals surface area contributed by atoms with Crippen LogP contribution in [0.1, 0.15) is 24.8 Å². The van der Waals surface area contributed by atoms with Gasteiger partial charge in [-0.2, -0.15) is 0 Å². The molecule has 6 heteroatoms. The number of nitrogens with zero attached hydrogens (tertiary/aromatic N) is 1. The molecule has 2 aliphatic rings. The average Bonchev–Trinajstić information content (AvgIpc) is 2.80. The van der Waals surface area contributed by atoms with Crippen LogP contribution in [0.25, 0.3) is 0 Å². The first-order chi connectivity index (χ1) is 11.5. The molecule has 2 atom stereocenters. The molecule has 24 heavy (non-hydrogen) atoms. The van der Waals surface area contributed by atoms with Crippen LogP contribution >= 0.6 is 0 Å². The Morgan fingerprint density at radius 1 is 1.21 bits per heavy atom. The number of imide groups is 1. The van der Waals surface area contributed by atoms with Gasteiger partial charge in [0.05, 0.1) is 11.8 Å². The molecular weight excluding hydrogens is 311 g/mol. The number of carbonyl (C=O) groups excluding carboxylic acids is 3. The van der Waals surface area contributed by atoms with E-state index < -0.39 is 0 Å². The molecule has 5 nitrogen and oxygen atoms in total. The van der Waals surface area contributed by atoms with Gasteiger partial charge in [-0.15, -0.1) is 0 Å². The van der Waals surface area contributed by atoms with Gasteiger partial charge in [0.1, 0.15) is 5.82 Å². The van der Waals surface area contributed by atoms with Gasteiger partial charge in [-0.05, 0) is 43.5 Å². The number of amides is 3. The fourth-order valence-corrected chi connectivity index (χ4v) is 3.28. The molecule has 0 radical (unpaired) electrons. The first-order valence-electron chi connectivity index (χ1n) is 8.03. The third-order valence-electron chi connectivity index (χ3n) is 4.62. The van der Waals surface area contributed by atoms with Crippen LogP contribution in [-0.2, 0) is 14.4 Å². The number of fused-ring (bicyclic) bond motifs is 1. The summed E-state index contributed by atoms with van der Waals surface area (Å²) in [5, 5.41) is 2.69. The van der Waals surface area contributed by atoms with Crippen LogP contribution in [-0.4, -0.2) is 29.2 Å². The van der Waals surface area contributed by atoms with E-state index in [1.54, 1.807) is 6.92 Å². The fourth-order valence-electron chi connectivity index (χ4n) is 3.28. The molecule has 3 amide bonds. The zero-order valence-corrected chi connectivity index (χ0v) is 13.4. The van der Waals surface area contributed by atoms with Crippen LogP contribution in [0, 0.1) is 24.6 Å². The zero-order chi connectivity index (χ0) is 17.3. The van der Waals surface area contributed by atoms with Crippen LogP contribution < -0.4 is 5.32 Å². The lowest BCUT2D eigenvalue weighted by molar-refractivity contribution is -0.140. The van der Waals surface area contributed by atoms with Crippen molar-refractivity contribution in [3.8, 4) is 0 Å². The number of allylic oxidation sites excluding steroid dienone is 2. The predicted octanol–water partition coefficient (Wildman–Crippen LogP) is 2.41. The highest BCUT2D eigenvalue weighted by Crippen LogP contribution is 2.35. The molecule has 126 valence electrons. The van der Waals surface area contributed by atoms with Crippen molar-refractivity contribution in [3.63, 3.8) is 0 Å². The third-order valence-corrected chi connectivity index (χ3v) is 4.62. The number of hydrogen-bond donors (Lipinski definition) is 1. The van der Waals surface area contributed by atoms with Gasteiger partial charge in [0, 0.05) is 18.7 Å². The Bertz CT molecular complexity index is 703. The van der Waals surface area contributed by atoms with Gasteiger partial charge >= 0.3 is 0 Å². The fraction of sp³-hybridized carbons (Fsp3) is 0.389. The second-order valence-electron chi connectivity index (χ2n) is 6.24. The highest BCUT2D eigenvalue weighted by Gasteiger charge is 2.46. The van der Waals surface area contributed by atoms with Crippen LogP contribution in [0.3, 0.4) is 0 Å². The summed E-state index contributed by atoms with van der Waals surface area (Å²) in [6, 6.07) is 4.10. The van der Waals surface area contributed by atoms with Crippen molar-refractivity contribution in [1.29, 1.82) is 0 Å². The lowest BCUT2D eigenvalue weighted by atomic mass is 9.85. The Kier molecular flexibility index (Phi) is 4.46. The van der Waals surface area contributed by atoms with Gasteiger partial charge in [-0.3, -0.25) is 19.3 Å². The molecule has 1 saturated heterocycles. The molecule has 1 heterocycles. The number of aryl methyl sites for hydroxylation is 1. The van der Waals surface area contributed by atoms with Crippen molar-refractivity contribution in [2.24, 2.45) is 11.8 Å². The van der Waals surface area contributed by atoms with Crippen LogP contribution in [0.5, 0.6) is 0 Å². The van der Waals surface area contributed by atoms with E-state index in [4.69, 9.17) is 0 Å². The Balaban J connectivity index is 1.58. The number of nitrogens with one attached hydrogen (secondary N) is 1. The summed E-state index contributed by atoms with van der Waals surface area (Å²) in [6.07, 6.45) is 5.07. The maximum Gasteiger partial charge on any atom is 0.233 e. The second-order valence-corrected chi connectivity index (χ2v) is 6.24. The van der Waals surface area contributed by atoms with Crippen molar-refractivity contribution in [2.45, 2.75) is 26.2 Å². The Morgan fingerprint density at radius 3 is 2.42 bits per heavy atom. The molecule has 1 aliphatic heterocycles. The molecule has 3 rings (SSSR count). The number of anilines is 1. The quantitative estimate of drug-likeness (QED) is 0.681. The van der Waals surface area contributed by atoms with Crippen molar-refractivity contribution < 1.29 is 18.8 Å². The van der Waals surface area contributed by atoms with Crippen molar-refractivity contribution >= 4 is 23.4 Å². The van der Waals surface area contributed by atoms with Gasteiger partial charge in [0.2, 0.25) is 17.7 Å². The molecule has 0 unspecified atom stereocenters. The minimum atomic E-state index is -0.366. The van der Waals surface area contributed by atoms with Crippen LogP contribution in [0.4, 0.5) is 10.1 Å². The molecule has 1 N–H and O–H groups in total. The highest BCUT2D eigenvalue weighted by atomic mass is 19.1. The molecule has 0 spiro atoms. The van der Waals surface area contributed by atoms with Gasteiger partial charge in [-0.25, -0.2) is 4.39 Å². The smallest absolute Gasteiger partial charge is 0.233 e. The van der Waals surface area contributed by atoms with Gasteiger partial charge in [-0.1, -0.05) is 12.2 Å². The van der Waals surface area contributed by atoms with Gasteiger partial charge in [0.25, 0.3) is 0 Å². The molecular formula is C18H19FN2O3. The topological polar surface area (TPSA) is 66.5 Å². The van der Waals surface area contributed by atoms with Crippen molar-refractivity contribution in [3.05, 3.63) is 41.7 Å². The van der Waals surface area contributed by atoms with E-state index in [1.165, 1.54) is 23.1 Å². The normalized spacial score (nSPS) is 22.7. The highest BCUT2D eigenvalue weighted by molar-refractivity contribution is 6.05. The summed E-state index contributed by atoms with van der Waals surface area (Å²) < 4.78 is 13.1. The largest absolute Gasteiger partial charge is 0.326 e. The number of benzene rings is 1. The maximum atomic E-state index is 13.1. The standard InChI is InChI=1S/C18H19FN2O3/c1-11-10-12(19)6-7-15(11)20-16(22)8-9-21-17(23)13-4-2-3-5-14(13)18(21)24/h2-3,6-7,10,13-14H,4-5,8-9H2,1H3,(H,20,22)/t13-,14+. The summed E-state index contributed by atoms with van der Waals surface area (Å²) in [6.45, 7) is 1.78. The van der Waals surface area contributed by atoms with E-state index in [9.17, 15) is 18.8 Å². The van der Waals surface area contributed by atoms with E-state index in [0.29, 0.717) is 24.1 Å². The number of halogens is 1. The third kappa shape index (κ3) is 3.09. The van der Waals surface area contributed by atoms with Gasteiger partial charge in [0.15, 0.2) is 0 Å². The molecule has 1 aliphatic carbocycles. The SMILES string of the molecule is Cc1cc(F)ccc1NC(=O)CCN1C(=O)[C@H]2CC=CC[C@H]2C1=O. The van der Waals surface area contributed by atoms with Gasteiger partial charge < -0.3 is 5.32 Å². The number of rotatable bonds is 4. The number of likely N-dealkylation sites (tertiary alicyclic amines) is 1. The number of carbonyl (C=O) groups is 3. The molecule has 0 aromatic heterocycles. The molecule has 1 fully saturated rings. The predicted molar refractivity (Wildman–Crippen MR) is 86.5 cm³/mol.